The highest BCUT2D eigenvalue weighted by molar-refractivity contribution is 4.71. The van der Waals surface area contributed by atoms with Crippen LogP contribution in [0.5, 0.6) is 0 Å². The number of hydrogen-bond acceptors (Lipinski definition) is 0. The average Bonchev–Trinajstić information content (AvgIpc) is 2.76. The highest BCUT2D eigenvalue weighted by Gasteiger charge is 2.22. The molecule has 0 bridgehead atoms. The van der Waals surface area contributed by atoms with Gasteiger partial charge < -0.3 is 0 Å². The first-order chi connectivity index (χ1) is 20.3. The molecule has 1 atom stereocenters. The lowest BCUT2D eigenvalue weighted by atomic mass is 9.78. The Labute approximate surface area is 294 Å². The van der Waals surface area contributed by atoms with Crippen LogP contribution in [0.2, 0.25) is 0 Å². The van der Waals surface area contributed by atoms with Crippen LogP contribution in [0.4, 0.5) is 13.2 Å². The summed E-state index contributed by atoms with van der Waals surface area (Å²) < 4.78 is 35.8. The van der Waals surface area contributed by atoms with E-state index in [0.29, 0.717) is 5.41 Å². The largest absolute Gasteiger partial charge is 0.248 e. The molecular formula is C43H95F3. The summed E-state index contributed by atoms with van der Waals surface area (Å²) in [6.45, 7) is 50.3. The first-order valence-electron chi connectivity index (χ1n) is 19.3. The third-order valence-corrected chi connectivity index (χ3v) is 7.04. The molecule has 0 aromatic heterocycles. The molecule has 0 heterocycles. The second-order valence-electron chi connectivity index (χ2n) is 19.0. The predicted molar refractivity (Wildman–Crippen MR) is 211 cm³/mol. The van der Waals surface area contributed by atoms with Crippen molar-refractivity contribution in [1.29, 1.82) is 0 Å². The van der Waals surface area contributed by atoms with Gasteiger partial charge in [0.2, 0.25) is 5.92 Å². The molecule has 1 aliphatic carbocycles. The second-order valence-corrected chi connectivity index (χ2v) is 19.0. The third-order valence-electron chi connectivity index (χ3n) is 7.04. The Morgan fingerprint density at radius 1 is 0.500 bits per heavy atom. The Morgan fingerprint density at radius 3 is 0.848 bits per heavy atom. The van der Waals surface area contributed by atoms with Gasteiger partial charge in [-0.1, -0.05) is 165 Å². The highest BCUT2D eigenvalue weighted by atomic mass is 19.3. The number of hydrogen-bond donors (Lipinski definition) is 0. The van der Waals surface area contributed by atoms with E-state index in [4.69, 9.17) is 0 Å². The van der Waals surface area contributed by atoms with E-state index < -0.39 is 12.1 Å². The lowest BCUT2D eigenvalue weighted by Gasteiger charge is -2.28. The highest BCUT2D eigenvalue weighted by Crippen LogP contribution is 2.32. The zero-order chi connectivity index (χ0) is 38.6. The van der Waals surface area contributed by atoms with Crippen LogP contribution in [0, 0.1) is 64.6 Å². The smallest absolute Gasteiger partial charge is 0.245 e. The van der Waals surface area contributed by atoms with Gasteiger partial charge in [0.25, 0.3) is 0 Å². The van der Waals surface area contributed by atoms with Crippen LogP contribution in [0.15, 0.2) is 0 Å². The minimum atomic E-state index is -2.48. The fourth-order valence-corrected chi connectivity index (χ4v) is 3.89. The van der Waals surface area contributed by atoms with Crippen molar-refractivity contribution in [2.75, 3.05) is 0 Å². The molecule has 1 saturated carbocycles. The fraction of sp³-hybridized carbons (Fsp3) is 1.00. The minimum absolute atomic E-state index is 0.00694. The van der Waals surface area contributed by atoms with Crippen LogP contribution in [0.1, 0.15) is 205 Å². The molecule has 0 aromatic carbocycles. The van der Waals surface area contributed by atoms with Crippen molar-refractivity contribution in [3.8, 4) is 0 Å². The van der Waals surface area contributed by atoms with Crippen molar-refractivity contribution in [3.05, 3.63) is 0 Å². The third kappa shape index (κ3) is 79.3. The molecule has 3 heteroatoms. The molecule has 1 rings (SSSR count). The molecule has 0 saturated heterocycles. The SMILES string of the molecule is CC(C)C.CC(C)C.CC(C)C(C)C.CC(C)C(C)F.CC(C)CC(C)(C)C.CC(C)CC(C)(F)F.CC1CCC(C(C)C)CC1. The van der Waals surface area contributed by atoms with Gasteiger partial charge in [0.1, 0.15) is 0 Å². The van der Waals surface area contributed by atoms with Crippen LogP contribution in [0.3, 0.4) is 0 Å². The standard InChI is InChI=1S/C10H20.C8H18.C6H12F2.C6H14.C5H11F.2C4H10/c1-8(2)10-6-4-9(3)5-7-10;1-7(2)6-8(3,4)5;1-5(2)4-6(3,7)8;1-5(2)6(3)4;1-4(2)5(3)6;2*1-4(2)3/h8-10H,4-7H2,1-3H3;7H,6H2,1-5H3;5H,4H2,1-3H3;5-6H,1-4H3;4-5H,1-3H3;2*4H,1-3H3. The Kier molecular flexibility index (Phi) is 42.0. The molecule has 0 radical (unpaired) electrons. The molecule has 1 unspecified atom stereocenters. The maximum atomic E-state index is 12.0. The molecule has 0 amide bonds. The van der Waals surface area contributed by atoms with E-state index in [1.807, 2.05) is 13.8 Å². The summed E-state index contributed by atoms with van der Waals surface area (Å²) in [6, 6.07) is 0. The first kappa shape index (κ1) is 58.0. The summed E-state index contributed by atoms with van der Waals surface area (Å²) in [4.78, 5) is 0. The summed E-state index contributed by atoms with van der Waals surface area (Å²) >= 11 is 0. The molecule has 0 aromatic rings. The van der Waals surface area contributed by atoms with Crippen molar-refractivity contribution in [3.63, 3.8) is 0 Å². The Balaban J connectivity index is -0.000000104. The number of rotatable bonds is 6. The van der Waals surface area contributed by atoms with Gasteiger partial charge in [-0.05, 0) is 97.7 Å². The summed E-state index contributed by atoms with van der Waals surface area (Å²) in [5, 5.41) is 0. The van der Waals surface area contributed by atoms with Gasteiger partial charge in [-0.25, -0.2) is 13.2 Å². The van der Waals surface area contributed by atoms with Gasteiger partial charge in [0.15, 0.2) is 0 Å². The summed E-state index contributed by atoms with van der Waals surface area (Å²) in [5.74, 6) is 4.98. The first-order valence-corrected chi connectivity index (χ1v) is 19.3. The molecule has 0 spiro atoms. The van der Waals surface area contributed by atoms with Gasteiger partial charge in [-0.3, -0.25) is 0 Å². The quantitative estimate of drug-likeness (QED) is 0.264. The van der Waals surface area contributed by atoms with E-state index in [1.165, 1.54) is 32.1 Å². The van der Waals surface area contributed by atoms with Crippen molar-refractivity contribution in [1.82, 2.24) is 0 Å². The zero-order valence-corrected chi connectivity index (χ0v) is 36.7. The monoisotopic (exact) mass is 669 g/mol. The topological polar surface area (TPSA) is 0 Å². The lowest BCUT2D eigenvalue weighted by Crippen LogP contribution is -2.16. The molecule has 0 aliphatic heterocycles. The maximum Gasteiger partial charge on any atom is 0.245 e. The van der Waals surface area contributed by atoms with Crippen LogP contribution >= 0.6 is 0 Å². The van der Waals surface area contributed by atoms with Crippen LogP contribution in [0.25, 0.3) is 0 Å². The second kappa shape index (κ2) is 33.3. The molecular weight excluding hydrogens is 573 g/mol. The van der Waals surface area contributed by atoms with Crippen molar-refractivity contribution >= 4 is 0 Å². The fourth-order valence-electron chi connectivity index (χ4n) is 3.89. The molecule has 0 N–H and O–H groups in total. The van der Waals surface area contributed by atoms with Gasteiger partial charge in [-0.15, -0.1) is 0 Å². The molecule has 0 nitrogen and oxygen atoms in total. The van der Waals surface area contributed by atoms with Crippen molar-refractivity contribution in [2.45, 2.75) is 217 Å². The van der Waals surface area contributed by atoms with Gasteiger partial charge in [0, 0.05) is 6.42 Å². The normalized spacial score (nSPS) is 17.0. The predicted octanol–water partition coefficient (Wildman–Crippen LogP) is 16.9. The lowest BCUT2D eigenvalue weighted by molar-refractivity contribution is 0.000971. The van der Waals surface area contributed by atoms with Gasteiger partial charge in [0.05, 0.1) is 6.17 Å². The number of alkyl halides is 3. The Bertz CT molecular complexity index is 494. The summed E-state index contributed by atoms with van der Waals surface area (Å²) in [5.41, 5.74) is 0.522. The molecule has 46 heavy (non-hydrogen) atoms. The Hall–Kier alpha value is -0.210. The molecule has 288 valence electrons. The van der Waals surface area contributed by atoms with E-state index in [1.54, 1.807) is 20.8 Å². The van der Waals surface area contributed by atoms with E-state index in [-0.39, 0.29) is 18.3 Å². The van der Waals surface area contributed by atoms with E-state index in [2.05, 4.69) is 125 Å². The number of halogens is 3. The average molecular weight is 669 g/mol. The molecule has 1 fully saturated rings. The minimum Gasteiger partial charge on any atom is -0.248 e. The molecule has 1 aliphatic rings. The van der Waals surface area contributed by atoms with E-state index in [9.17, 15) is 13.2 Å². The van der Waals surface area contributed by atoms with Gasteiger partial charge >= 0.3 is 0 Å². The van der Waals surface area contributed by atoms with Crippen LogP contribution in [-0.4, -0.2) is 12.1 Å². The van der Waals surface area contributed by atoms with E-state index in [0.717, 1.165) is 54.3 Å². The van der Waals surface area contributed by atoms with E-state index >= 15 is 0 Å². The zero-order valence-electron chi connectivity index (χ0n) is 36.7. The van der Waals surface area contributed by atoms with Crippen molar-refractivity contribution in [2.24, 2.45) is 64.6 Å². The van der Waals surface area contributed by atoms with Gasteiger partial charge in [-0.2, -0.15) is 0 Å². The maximum absolute atomic E-state index is 12.0. The Morgan fingerprint density at radius 2 is 0.761 bits per heavy atom. The summed E-state index contributed by atoms with van der Waals surface area (Å²) in [6.07, 6.45) is 6.59. The summed E-state index contributed by atoms with van der Waals surface area (Å²) in [7, 11) is 0. The van der Waals surface area contributed by atoms with Crippen molar-refractivity contribution < 1.29 is 13.2 Å². The van der Waals surface area contributed by atoms with Crippen LogP contribution in [-0.2, 0) is 0 Å². The van der Waals surface area contributed by atoms with Crippen LogP contribution < -0.4 is 0 Å².